The second-order valence-corrected chi connectivity index (χ2v) is 11.6. The van der Waals surface area contributed by atoms with Crippen LogP contribution in [-0.4, -0.2) is 27.1 Å². The largest absolute Gasteiger partial charge is 0.294 e. The standard InChI is InChI=1S/C22H24FN3O2S2/c1-12(2)29-21-25-24-20(30-21)26-16-10-22(3,4)11-17(27)19(16)15(9-18(26)28)13-5-7-14(23)8-6-13/h5-8,12,15H,9-11H2,1-4H3/t15-/m0/s1. The number of benzene rings is 1. The van der Waals surface area contributed by atoms with Gasteiger partial charge in [-0.15, -0.1) is 10.2 Å². The molecule has 158 valence electrons. The van der Waals surface area contributed by atoms with E-state index in [-0.39, 0.29) is 35.3 Å². The Labute approximate surface area is 183 Å². The van der Waals surface area contributed by atoms with Gasteiger partial charge in [-0.2, -0.15) is 0 Å². The van der Waals surface area contributed by atoms with Crippen LogP contribution < -0.4 is 4.90 Å². The molecule has 1 aromatic heterocycles. The maximum atomic E-state index is 13.4. The third-order valence-electron chi connectivity index (χ3n) is 5.34. The molecule has 0 bridgehead atoms. The van der Waals surface area contributed by atoms with Gasteiger partial charge in [-0.3, -0.25) is 14.5 Å². The third-order valence-corrected chi connectivity index (χ3v) is 7.34. The van der Waals surface area contributed by atoms with Gasteiger partial charge >= 0.3 is 0 Å². The number of anilines is 1. The van der Waals surface area contributed by atoms with Gasteiger partial charge in [-0.25, -0.2) is 4.39 Å². The minimum Gasteiger partial charge on any atom is -0.294 e. The Kier molecular flexibility index (Phi) is 5.57. The number of nitrogens with zero attached hydrogens (tertiary/aromatic N) is 3. The van der Waals surface area contributed by atoms with Crippen LogP contribution in [0.2, 0.25) is 0 Å². The first-order valence-corrected chi connectivity index (χ1v) is 11.7. The number of thioether (sulfide) groups is 1. The number of Topliss-reactive ketones (excluding diaryl/α,β-unsaturated/α-hetero) is 1. The fraction of sp³-hybridized carbons (Fsp3) is 0.455. The van der Waals surface area contributed by atoms with Crippen LogP contribution in [0.15, 0.2) is 39.9 Å². The van der Waals surface area contributed by atoms with Gasteiger partial charge < -0.3 is 0 Å². The molecule has 2 aromatic rings. The molecule has 0 saturated carbocycles. The highest BCUT2D eigenvalue weighted by Crippen LogP contribution is 2.48. The fourth-order valence-electron chi connectivity index (χ4n) is 4.16. The van der Waals surface area contributed by atoms with Gasteiger partial charge in [0.05, 0.1) is 0 Å². The van der Waals surface area contributed by atoms with Crippen LogP contribution in [-0.2, 0) is 9.59 Å². The molecule has 1 aliphatic heterocycles. The molecule has 1 atom stereocenters. The number of carbonyl (C=O) groups is 2. The maximum absolute atomic E-state index is 13.4. The summed E-state index contributed by atoms with van der Waals surface area (Å²) in [6, 6.07) is 6.10. The number of amides is 1. The molecule has 8 heteroatoms. The number of hydrogen-bond acceptors (Lipinski definition) is 6. The second kappa shape index (κ2) is 7.89. The lowest BCUT2D eigenvalue weighted by Crippen LogP contribution is -2.43. The summed E-state index contributed by atoms with van der Waals surface area (Å²) < 4.78 is 14.3. The third kappa shape index (κ3) is 4.07. The van der Waals surface area contributed by atoms with Crippen molar-refractivity contribution in [2.24, 2.45) is 5.41 Å². The Bertz CT molecular complexity index is 1030. The zero-order valence-electron chi connectivity index (χ0n) is 17.4. The first kappa shape index (κ1) is 21.2. The number of allylic oxidation sites excluding steroid dienone is 2. The van der Waals surface area contributed by atoms with E-state index < -0.39 is 0 Å². The Hall–Kier alpha value is -2.06. The molecular formula is C22H24FN3O2S2. The Morgan fingerprint density at radius 1 is 1.17 bits per heavy atom. The Balaban J connectivity index is 1.82. The van der Waals surface area contributed by atoms with Crippen LogP contribution in [0.1, 0.15) is 58.4 Å². The molecule has 1 aromatic carbocycles. The highest BCUT2D eigenvalue weighted by atomic mass is 32.2. The molecular weight excluding hydrogens is 421 g/mol. The molecule has 1 amide bonds. The van der Waals surface area contributed by atoms with E-state index in [1.54, 1.807) is 28.8 Å². The quantitative estimate of drug-likeness (QED) is 0.469. The minimum absolute atomic E-state index is 0.0503. The van der Waals surface area contributed by atoms with Crippen LogP contribution in [0.4, 0.5) is 9.52 Å². The highest BCUT2D eigenvalue weighted by molar-refractivity contribution is 8.01. The van der Waals surface area contributed by atoms with E-state index in [4.69, 9.17) is 0 Å². The van der Waals surface area contributed by atoms with Crippen LogP contribution in [0.25, 0.3) is 0 Å². The number of ketones is 1. The van der Waals surface area contributed by atoms with Crippen molar-refractivity contribution in [2.75, 3.05) is 4.90 Å². The van der Waals surface area contributed by atoms with E-state index in [1.807, 2.05) is 13.8 Å². The molecule has 0 spiro atoms. The van der Waals surface area contributed by atoms with Crippen molar-refractivity contribution in [3.63, 3.8) is 0 Å². The SMILES string of the molecule is CC(C)Sc1nnc(N2C(=O)C[C@@H](c3ccc(F)cc3)C3=C2CC(C)(C)CC3=O)s1. The predicted octanol–water partition coefficient (Wildman–Crippen LogP) is 5.34. The van der Waals surface area contributed by atoms with E-state index in [1.165, 1.54) is 23.5 Å². The topological polar surface area (TPSA) is 63.2 Å². The molecule has 30 heavy (non-hydrogen) atoms. The van der Waals surface area contributed by atoms with E-state index in [9.17, 15) is 14.0 Å². The Morgan fingerprint density at radius 3 is 2.53 bits per heavy atom. The summed E-state index contributed by atoms with van der Waals surface area (Å²) in [6.07, 6.45) is 1.18. The van der Waals surface area contributed by atoms with Gasteiger partial charge in [0.15, 0.2) is 10.1 Å². The monoisotopic (exact) mass is 445 g/mol. The summed E-state index contributed by atoms with van der Waals surface area (Å²) in [4.78, 5) is 28.1. The number of halogens is 1. The first-order valence-electron chi connectivity index (χ1n) is 9.99. The van der Waals surface area contributed by atoms with Crippen molar-refractivity contribution >= 4 is 39.9 Å². The van der Waals surface area contributed by atoms with Crippen molar-refractivity contribution in [3.8, 4) is 0 Å². The molecule has 0 saturated heterocycles. The van der Waals surface area contributed by atoms with Crippen molar-refractivity contribution < 1.29 is 14.0 Å². The first-order chi connectivity index (χ1) is 14.1. The summed E-state index contributed by atoms with van der Waals surface area (Å²) in [5.41, 5.74) is 1.92. The van der Waals surface area contributed by atoms with Crippen molar-refractivity contribution in [2.45, 2.75) is 62.5 Å². The number of hydrogen-bond donors (Lipinski definition) is 0. The van der Waals surface area contributed by atoms with Crippen LogP contribution in [0.5, 0.6) is 0 Å². The van der Waals surface area contributed by atoms with Crippen LogP contribution >= 0.6 is 23.1 Å². The van der Waals surface area contributed by atoms with Gasteiger partial charge in [-0.1, -0.05) is 62.9 Å². The average molecular weight is 446 g/mol. The maximum Gasteiger partial charge on any atom is 0.234 e. The molecule has 2 heterocycles. The number of aromatic nitrogens is 2. The van der Waals surface area contributed by atoms with E-state index >= 15 is 0 Å². The van der Waals surface area contributed by atoms with Crippen LogP contribution in [0.3, 0.4) is 0 Å². The van der Waals surface area contributed by atoms with E-state index in [0.717, 1.165) is 15.6 Å². The summed E-state index contributed by atoms with van der Waals surface area (Å²) >= 11 is 2.98. The fourth-order valence-corrected chi connectivity index (χ4v) is 6.27. The normalized spacial score (nSPS) is 21.4. The second-order valence-electron chi connectivity index (χ2n) is 8.86. The summed E-state index contributed by atoms with van der Waals surface area (Å²) in [5.74, 6) is -0.748. The highest BCUT2D eigenvalue weighted by Gasteiger charge is 2.45. The zero-order chi connectivity index (χ0) is 21.6. The zero-order valence-corrected chi connectivity index (χ0v) is 19.1. The predicted molar refractivity (Wildman–Crippen MR) is 117 cm³/mol. The minimum atomic E-state index is -0.356. The lowest BCUT2D eigenvalue weighted by atomic mass is 9.69. The molecule has 0 N–H and O–H groups in total. The van der Waals surface area contributed by atoms with Gasteiger partial charge in [0.1, 0.15) is 5.82 Å². The van der Waals surface area contributed by atoms with Gasteiger partial charge in [0, 0.05) is 35.3 Å². The summed E-state index contributed by atoms with van der Waals surface area (Å²) in [5, 5.41) is 9.38. The number of rotatable bonds is 4. The molecule has 0 fully saturated rings. The molecule has 2 aliphatic rings. The smallest absolute Gasteiger partial charge is 0.234 e. The van der Waals surface area contributed by atoms with Crippen molar-refractivity contribution in [1.82, 2.24) is 10.2 Å². The molecule has 0 unspecified atom stereocenters. The number of carbonyl (C=O) groups excluding carboxylic acids is 2. The van der Waals surface area contributed by atoms with Gasteiger partial charge in [-0.05, 0) is 29.5 Å². The molecule has 0 radical (unpaired) electrons. The molecule has 4 rings (SSSR count). The molecule has 5 nitrogen and oxygen atoms in total. The lowest BCUT2D eigenvalue weighted by Gasteiger charge is -2.41. The average Bonchev–Trinajstić information content (AvgIpc) is 3.07. The van der Waals surface area contributed by atoms with E-state index in [2.05, 4.69) is 24.0 Å². The lowest BCUT2D eigenvalue weighted by molar-refractivity contribution is -0.121. The van der Waals surface area contributed by atoms with E-state index in [0.29, 0.717) is 28.8 Å². The van der Waals surface area contributed by atoms with Crippen molar-refractivity contribution in [1.29, 1.82) is 0 Å². The Morgan fingerprint density at radius 2 is 1.87 bits per heavy atom. The van der Waals surface area contributed by atoms with Gasteiger partial charge in [0.25, 0.3) is 0 Å². The summed E-state index contributed by atoms with van der Waals surface area (Å²) in [7, 11) is 0. The van der Waals surface area contributed by atoms with Crippen LogP contribution in [0, 0.1) is 11.2 Å². The summed E-state index contributed by atoms with van der Waals surface area (Å²) in [6.45, 7) is 8.24. The molecule has 1 aliphatic carbocycles. The van der Waals surface area contributed by atoms with Crippen molar-refractivity contribution in [3.05, 3.63) is 46.9 Å². The van der Waals surface area contributed by atoms with Gasteiger partial charge in [0.2, 0.25) is 11.0 Å².